The van der Waals surface area contributed by atoms with Gasteiger partial charge in [-0.3, -0.25) is 0 Å². The number of hydrogen-bond donors (Lipinski definition) is 2. The van der Waals surface area contributed by atoms with Crippen molar-refractivity contribution in [1.82, 2.24) is 10.6 Å². The van der Waals surface area contributed by atoms with Crippen molar-refractivity contribution in [1.29, 1.82) is 0 Å². The van der Waals surface area contributed by atoms with E-state index in [1.54, 1.807) is 0 Å². The Labute approximate surface area is 110 Å². The summed E-state index contributed by atoms with van der Waals surface area (Å²) in [5, 5.41) is 7.06. The van der Waals surface area contributed by atoms with Crippen LogP contribution in [-0.4, -0.2) is 31.8 Å². The number of rotatable bonds is 5. The summed E-state index contributed by atoms with van der Waals surface area (Å²) >= 11 is 0. The second-order valence-corrected chi connectivity index (χ2v) is 5.23. The smallest absolute Gasteiger partial charge is 0.0620 e. The van der Waals surface area contributed by atoms with Crippen LogP contribution < -0.4 is 10.6 Å². The highest BCUT2D eigenvalue weighted by atomic mass is 16.5. The first-order chi connectivity index (χ1) is 8.74. The highest BCUT2D eigenvalue weighted by Crippen LogP contribution is 2.06. The van der Waals surface area contributed by atoms with Gasteiger partial charge in [-0.25, -0.2) is 0 Å². The van der Waals surface area contributed by atoms with Crippen molar-refractivity contribution in [2.75, 3.05) is 19.8 Å². The van der Waals surface area contributed by atoms with Gasteiger partial charge in [-0.2, -0.15) is 0 Å². The number of morpholine rings is 1. The first-order valence-electron chi connectivity index (χ1n) is 6.84. The Morgan fingerprint density at radius 3 is 2.83 bits per heavy atom. The van der Waals surface area contributed by atoms with Crippen molar-refractivity contribution in [2.24, 2.45) is 0 Å². The number of nitrogens with one attached hydrogen (secondary N) is 2. The van der Waals surface area contributed by atoms with Crippen molar-refractivity contribution >= 4 is 0 Å². The van der Waals surface area contributed by atoms with E-state index in [2.05, 4.69) is 48.7 Å². The molecule has 2 atom stereocenters. The Kier molecular flexibility index (Phi) is 5.17. The molecular formula is C15H24N2O. The van der Waals surface area contributed by atoms with E-state index in [9.17, 15) is 0 Å². The van der Waals surface area contributed by atoms with E-state index < -0.39 is 0 Å². The SMILES string of the molecule is Cc1ccc(CNC(C)CC2COCCN2)cc1. The Morgan fingerprint density at radius 1 is 1.39 bits per heavy atom. The first-order valence-corrected chi connectivity index (χ1v) is 6.84. The second kappa shape index (κ2) is 6.88. The van der Waals surface area contributed by atoms with Crippen LogP contribution in [0.5, 0.6) is 0 Å². The Hall–Kier alpha value is -0.900. The molecule has 1 heterocycles. The summed E-state index contributed by atoms with van der Waals surface area (Å²) in [6, 6.07) is 9.72. The van der Waals surface area contributed by atoms with Crippen molar-refractivity contribution < 1.29 is 4.74 Å². The van der Waals surface area contributed by atoms with Crippen LogP contribution in [-0.2, 0) is 11.3 Å². The van der Waals surface area contributed by atoms with Gasteiger partial charge in [0.1, 0.15) is 0 Å². The summed E-state index contributed by atoms with van der Waals surface area (Å²) in [7, 11) is 0. The molecule has 1 aliphatic heterocycles. The van der Waals surface area contributed by atoms with E-state index in [0.717, 1.165) is 32.7 Å². The van der Waals surface area contributed by atoms with Crippen LogP contribution in [0.3, 0.4) is 0 Å². The molecule has 2 unspecified atom stereocenters. The molecule has 2 N–H and O–H groups in total. The lowest BCUT2D eigenvalue weighted by molar-refractivity contribution is 0.0712. The Balaban J connectivity index is 1.70. The lowest BCUT2D eigenvalue weighted by Gasteiger charge is -2.26. The minimum atomic E-state index is 0.499. The van der Waals surface area contributed by atoms with Crippen LogP contribution in [0.15, 0.2) is 24.3 Å². The van der Waals surface area contributed by atoms with Crippen molar-refractivity contribution in [3.63, 3.8) is 0 Å². The molecule has 3 heteroatoms. The number of hydrogen-bond acceptors (Lipinski definition) is 3. The summed E-state index contributed by atoms with van der Waals surface area (Å²) in [5.41, 5.74) is 2.66. The van der Waals surface area contributed by atoms with Gasteiger partial charge in [0.2, 0.25) is 0 Å². The molecule has 18 heavy (non-hydrogen) atoms. The topological polar surface area (TPSA) is 33.3 Å². The van der Waals surface area contributed by atoms with Crippen LogP contribution in [0.2, 0.25) is 0 Å². The fourth-order valence-corrected chi connectivity index (χ4v) is 2.28. The quantitative estimate of drug-likeness (QED) is 0.834. The van der Waals surface area contributed by atoms with Gasteiger partial charge in [-0.05, 0) is 25.8 Å². The third-order valence-corrected chi connectivity index (χ3v) is 3.41. The van der Waals surface area contributed by atoms with Gasteiger partial charge in [0, 0.05) is 25.2 Å². The van der Waals surface area contributed by atoms with Gasteiger partial charge in [0.25, 0.3) is 0 Å². The van der Waals surface area contributed by atoms with Crippen molar-refractivity contribution in [2.45, 2.75) is 38.9 Å². The zero-order valence-corrected chi connectivity index (χ0v) is 11.4. The van der Waals surface area contributed by atoms with Crippen LogP contribution >= 0.6 is 0 Å². The van der Waals surface area contributed by atoms with Crippen LogP contribution in [0, 0.1) is 6.92 Å². The van der Waals surface area contributed by atoms with Gasteiger partial charge in [-0.1, -0.05) is 29.8 Å². The van der Waals surface area contributed by atoms with Gasteiger partial charge in [-0.15, -0.1) is 0 Å². The summed E-state index contributed by atoms with van der Waals surface area (Å²) in [6.07, 6.45) is 1.12. The molecule has 100 valence electrons. The predicted octanol–water partition coefficient (Wildman–Crippen LogP) is 1.85. The maximum absolute atomic E-state index is 5.47. The first kappa shape index (κ1) is 13.5. The third-order valence-electron chi connectivity index (χ3n) is 3.41. The molecule has 0 bridgehead atoms. The van der Waals surface area contributed by atoms with Crippen LogP contribution in [0.25, 0.3) is 0 Å². The maximum Gasteiger partial charge on any atom is 0.0620 e. The van der Waals surface area contributed by atoms with E-state index in [-0.39, 0.29) is 0 Å². The van der Waals surface area contributed by atoms with Gasteiger partial charge in [0.05, 0.1) is 13.2 Å². The second-order valence-electron chi connectivity index (χ2n) is 5.23. The monoisotopic (exact) mass is 248 g/mol. The zero-order valence-electron chi connectivity index (χ0n) is 11.4. The Morgan fingerprint density at radius 2 is 2.17 bits per heavy atom. The summed E-state index contributed by atoms with van der Waals surface area (Å²) in [6.45, 7) is 7.97. The molecule has 0 aliphatic carbocycles. The van der Waals surface area contributed by atoms with Gasteiger partial charge in [0.15, 0.2) is 0 Å². The minimum absolute atomic E-state index is 0.499. The third kappa shape index (κ3) is 4.41. The molecule has 2 rings (SSSR count). The summed E-state index contributed by atoms with van der Waals surface area (Å²) in [4.78, 5) is 0. The van der Waals surface area contributed by atoms with E-state index in [4.69, 9.17) is 4.74 Å². The van der Waals surface area contributed by atoms with Gasteiger partial charge < -0.3 is 15.4 Å². The minimum Gasteiger partial charge on any atom is -0.379 e. The molecule has 1 fully saturated rings. The molecule has 1 aromatic rings. The van der Waals surface area contributed by atoms with E-state index in [1.807, 2.05) is 0 Å². The Bertz CT molecular complexity index is 344. The van der Waals surface area contributed by atoms with Crippen LogP contribution in [0.4, 0.5) is 0 Å². The molecule has 0 aromatic heterocycles. The highest BCUT2D eigenvalue weighted by molar-refractivity contribution is 5.21. The maximum atomic E-state index is 5.47. The molecule has 1 aromatic carbocycles. The molecule has 0 radical (unpaired) electrons. The van der Waals surface area contributed by atoms with Crippen molar-refractivity contribution in [3.8, 4) is 0 Å². The molecule has 0 saturated carbocycles. The molecule has 3 nitrogen and oxygen atoms in total. The standard InChI is InChI=1S/C15H24N2O/c1-12-3-5-14(6-4-12)10-17-13(2)9-15-11-18-8-7-16-15/h3-6,13,15-17H,7-11H2,1-2H3. The number of aryl methyl sites for hydroxylation is 1. The molecule has 0 amide bonds. The summed E-state index contributed by atoms with van der Waals surface area (Å²) in [5.74, 6) is 0. The highest BCUT2D eigenvalue weighted by Gasteiger charge is 2.15. The van der Waals surface area contributed by atoms with E-state index >= 15 is 0 Å². The lowest BCUT2D eigenvalue weighted by Crippen LogP contribution is -2.44. The van der Waals surface area contributed by atoms with Crippen molar-refractivity contribution in [3.05, 3.63) is 35.4 Å². The average Bonchev–Trinajstić information content (AvgIpc) is 2.39. The molecule has 1 saturated heterocycles. The normalized spacial score (nSPS) is 21.8. The average molecular weight is 248 g/mol. The largest absolute Gasteiger partial charge is 0.379 e. The fourth-order valence-electron chi connectivity index (χ4n) is 2.28. The number of benzene rings is 1. The lowest BCUT2D eigenvalue weighted by atomic mass is 10.1. The van der Waals surface area contributed by atoms with E-state index in [0.29, 0.717) is 12.1 Å². The molecule has 0 spiro atoms. The summed E-state index contributed by atoms with van der Waals surface area (Å²) < 4.78 is 5.47. The predicted molar refractivity (Wildman–Crippen MR) is 74.7 cm³/mol. The van der Waals surface area contributed by atoms with Gasteiger partial charge >= 0.3 is 0 Å². The molecular weight excluding hydrogens is 224 g/mol. The van der Waals surface area contributed by atoms with E-state index in [1.165, 1.54) is 11.1 Å². The number of ether oxygens (including phenoxy) is 1. The molecule has 1 aliphatic rings. The van der Waals surface area contributed by atoms with Crippen LogP contribution in [0.1, 0.15) is 24.5 Å². The zero-order chi connectivity index (χ0) is 12.8. The fraction of sp³-hybridized carbons (Fsp3) is 0.600.